The molecule has 3 nitrogen and oxygen atoms in total. The standard InChI is InChI=1S/C13H8ClNO2S/c14-8-1-6-12-11(7-8)15-13(17-12)18-10-4-2-9(16)3-5-10/h1-7,16H. The van der Waals surface area contributed by atoms with E-state index in [4.69, 9.17) is 16.0 Å². The van der Waals surface area contributed by atoms with Crippen molar-refractivity contribution in [2.75, 3.05) is 0 Å². The fourth-order valence-corrected chi connectivity index (χ4v) is 2.45. The summed E-state index contributed by atoms with van der Waals surface area (Å²) in [6.07, 6.45) is 0. The fraction of sp³-hybridized carbons (Fsp3) is 0. The molecule has 0 radical (unpaired) electrons. The van der Waals surface area contributed by atoms with Crippen molar-refractivity contribution in [2.24, 2.45) is 0 Å². The van der Waals surface area contributed by atoms with E-state index in [9.17, 15) is 5.11 Å². The van der Waals surface area contributed by atoms with E-state index in [2.05, 4.69) is 4.98 Å². The highest BCUT2D eigenvalue weighted by molar-refractivity contribution is 7.99. The first-order chi connectivity index (χ1) is 8.70. The highest BCUT2D eigenvalue weighted by Crippen LogP contribution is 2.31. The number of hydrogen-bond acceptors (Lipinski definition) is 4. The van der Waals surface area contributed by atoms with Gasteiger partial charge in [-0.15, -0.1) is 0 Å². The molecule has 0 atom stereocenters. The SMILES string of the molecule is Oc1ccc(Sc2nc3cc(Cl)ccc3o2)cc1. The lowest BCUT2D eigenvalue weighted by Crippen LogP contribution is -1.72. The molecule has 18 heavy (non-hydrogen) atoms. The summed E-state index contributed by atoms with van der Waals surface area (Å²) >= 11 is 7.29. The van der Waals surface area contributed by atoms with E-state index in [-0.39, 0.29) is 5.75 Å². The van der Waals surface area contributed by atoms with Gasteiger partial charge in [0.1, 0.15) is 11.3 Å². The molecular weight excluding hydrogens is 270 g/mol. The first-order valence-electron chi connectivity index (χ1n) is 5.24. The van der Waals surface area contributed by atoms with Gasteiger partial charge in [0.15, 0.2) is 5.58 Å². The van der Waals surface area contributed by atoms with Gasteiger partial charge < -0.3 is 9.52 Å². The summed E-state index contributed by atoms with van der Waals surface area (Å²) in [5.41, 5.74) is 1.45. The average Bonchev–Trinajstić information content (AvgIpc) is 2.73. The topological polar surface area (TPSA) is 46.3 Å². The summed E-state index contributed by atoms with van der Waals surface area (Å²) in [7, 11) is 0. The molecule has 0 aliphatic heterocycles. The summed E-state index contributed by atoms with van der Waals surface area (Å²) < 4.78 is 5.59. The number of aromatic hydroxyl groups is 1. The van der Waals surface area contributed by atoms with Crippen molar-refractivity contribution in [3.8, 4) is 5.75 Å². The van der Waals surface area contributed by atoms with E-state index < -0.39 is 0 Å². The largest absolute Gasteiger partial charge is 0.508 e. The summed E-state index contributed by atoms with van der Waals surface area (Å²) in [6.45, 7) is 0. The van der Waals surface area contributed by atoms with Gasteiger partial charge in [-0.05, 0) is 54.2 Å². The van der Waals surface area contributed by atoms with Crippen molar-refractivity contribution in [1.82, 2.24) is 4.98 Å². The number of fused-ring (bicyclic) bond motifs is 1. The monoisotopic (exact) mass is 277 g/mol. The minimum atomic E-state index is 0.240. The van der Waals surface area contributed by atoms with E-state index in [1.165, 1.54) is 11.8 Å². The van der Waals surface area contributed by atoms with Crippen LogP contribution in [-0.2, 0) is 0 Å². The first kappa shape index (κ1) is 11.4. The molecule has 0 bridgehead atoms. The first-order valence-corrected chi connectivity index (χ1v) is 6.43. The number of halogens is 1. The zero-order chi connectivity index (χ0) is 12.5. The lowest BCUT2D eigenvalue weighted by molar-refractivity contribution is 0.474. The van der Waals surface area contributed by atoms with Gasteiger partial charge in [-0.25, -0.2) is 4.98 Å². The summed E-state index contributed by atoms with van der Waals surface area (Å²) in [5, 5.41) is 10.4. The number of nitrogens with zero attached hydrogens (tertiary/aromatic N) is 1. The van der Waals surface area contributed by atoms with Crippen LogP contribution >= 0.6 is 23.4 Å². The maximum absolute atomic E-state index is 9.20. The number of hydrogen-bond donors (Lipinski definition) is 1. The Kier molecular flexibility index (Phi) is 2.89. The Balaban J connectivity index is 1.92. The maximum atomic E-state index is 9.20. The van der Waals surface area contributed by atoms with Crippen molar-refractivity contribution in [2.45, 2.75) is 10.1 Å². The molecule has 0 saturated carbocycles. The highest BCUT2D eigenvalue weighted by atomic mass is 35.5. The van der Waals surface area contributed by atoms with Crippen LogP contribution in [0.15, 0.2) is 57.0 Å². The number of benzene rings is 2. The van der Waals surface area contributed by atoms with Crippen LogP contribution in [0, 0.1) is 0 Å². The van der Waals surface area contributed by atoms with Gasteiger partial charge in [0.2, 0.25) is 0 Å². The lowest BCUT2D eigenvalue weighted by atomic mass is 10.3. The van der Waals surface area contributed by atoms with E-state index in [0.717, 1.165) is 10.4 Å². The molecule has 3 aromatic rings. The Morgan fingerprint density at radius 3 is 2.67 bits per heavy atom. The second-order valence-corrected chi connectivity index (χ2v) is 5.15. The van der Waals surface area contributed by atoms with Crippen molar-refractivity contribution in [1.29, 1.82) is 0 Å². The zero-order valence-electron chi connectivity index (χ0n) is 9.13. The quantitative estimate of drug-likeness (QED) is 0.757. The molecule has 90 valence electrons. The van der Waals surface area contributed by atoms with Crippen molar-refractivity contribution >= 4 is 34.5 Å². The van der Waals surface area contributed by atoms with Gasteiger partial charge in [-0.1, -0.05) is 11.6 Å². The number of phenolic OH excluding ortho intramolecular Hbond substituents is 1. The summed E-state index contributed by atoms with van der Waals surface area (Å²) in [5.74, 6) is 0.240. The molecule has 0 amide bonds. The van der Waals surface area contributed by atoms with Gasteiger partial charge >= 0.3 is 0 Å². The predicted octanol–water partition coefficient (Wildman–Crippen LogP) is 4.34. The molecule has 1 N–H and O–H groups in total. The summed E-state index contributed by atoms with van der Waals surface area (Å²) in [6, 6.07) is 12.2. The van der Waals surface area contributed by atoms with Crippen molar-refractivity contribution in [3.05, 3.63) is 47.5 Å². The van der Waals surface area contributed by atoms with Gasteiger partial charge in [-0.2, -0.15) is 0 Å². The predicted molar refractivity (Wildman–Crippen MR) is 71.2 cm³/mol. The van der Waals surface area contributed by atoms with Crippen LogP contribution in [-0.4, -0.2) is 10.1 Å². The molecule has 3 rings (SSSR count). The van der Waals surface area contributed by atoms with Crippen LogP contribution in [0.4, 0.5) is 0 Å². The number of rotatable bonds is 2. The Hall–Kier alpha value is -1.65. The second kappa shape index (κ2) is 4.55. The van der Waals surface area contributed by atoms with E-state index in [0.29, 0.717) is 15.8 Å². The Bertz CT molecular complexity index is 694. The van der Waals surface area contributed by atoms with Gasteiger partial charge in [-0.3, -0.25) is 0 Å². The minimum Gasteiger partial charge on any atom is -0.508 e. The average molecular weight is 278 g/mol. The van der Waals surface area contributed by atoms with Gasteiger partial charge in [0, 0.05) is 9.92 Å². The van der Waals surface area contributed by atoms with Crippen molar-refractivity contribution < 1.29 is 9.52 Å². The van der Waals surface area contributed by atoms with E-state index in [1.807, 2.05) is 12.1 Å². The Morgan fingerprint density at radius 1 is 1.11 bits per heavy atom. The Morgan fingerprint density at radius 2 is 1.89 bits per heavy atom. The zero-order valence-corrected chi connectivity index (χ0v) is 10.7. The number of oxazole rings is 1. The third-order valence-electron chi connectivity index (χ3n) is 2.37. The van der Waals surface area contributed by atoms with E-state index in [1.54, 1.807) is 30.3 Å². The maximum Gasteiger partial charge on any atom is 0.261 e. The number of aromatic nitrogens is 1. The van der Waals surface area contributed by atoms with Crippen LogP contribution in [0.1, 0.15) is 0 Å². The normalized spacial score (nSPS) is 10.9. The number of phenols is 1. The molecule has 0 unspecified atom stereocenters. The molecule has 0 fully saturated rings. The van der Waals surface area contributed by atoms with Gasteiger partial charge in [0.25, 0.3) is 5.22 Å². The molecule has 0 spiro atoms. The molecule has 1 heterocycles. The van der Waals surface area contributed by atoms with Crippen LogP contribution in [0.5, 0.6) is 5.75 Å². The smallest absolute Gasteiger partial charge is 0.261 e. The van der Waals surface area contributed by atoms with Crippen LogP contribution in [0.2, 0.25) is 5.02 Å². The molecule has 5 heteroatoms. The van der Waals surface area contributed by atoms with Crippen LogP contribution in [0.3, 0.4) is 0 Å². The molecule has 1 aromatic heterocycles. The third kappa shape index (κ3) is 2.30. The molecule has 0 aliphatic rings. The molecule has 0 aliphatic carbocycles. The minimum absolute atomic E-state index is 0.240. The Labute approximate surface area is 112 Å². The second-order valence-electron chi connectivity index (χ2n) is 3.69. The molecule has 0 saturated heterocycles. The molecule has 2 aromatic carbocycles. The van der Waals surface area contributed by atoms with Gasteiger partial charge in [0.05, 0.1) is 0 Å². The highest BCUT2D eigenvalue weighted by Gasteiger charge is 2.07. The summed E-state index contributed by atoms with van der Waals surface area (Å²) in [4.78, 5) is 5.29. The fourth-order valence-electron chi connectivity index (χ4n) is 1.54. The third-order valence-corrected chi connectivity index (χ3v) is 3.46. The van der Waals surface area contributed by atoms with Crippen LogP contribution < -0.4 is 0 Å². The van der Waals surface area contributed by atoms with E-state index >= 15 is 0 Å². The van der Waals surface area contributed by atoms with Crippen LogP contribution in [0.25, 0.3) is 11.1 Å². The molecular formula is C13H8ClNO2S. The van der Waals surface area contributed by atoms with Crippen molar-refractivity contribution in [3.63, 3.8) is 0 Å². The lowest BCUT2D eigenvalue weighted by Gasteiger charge is -1.96.